The number of furan rings is 1. The monoisotopic (exact) mass is 347 g/mol. The minimum atomic E-state index is -1.26. The highest BCUT2D eigenvalue weighted by Crippen LogP contribution is 2.30. The highest BCUT2D eigenvalue weighted by atomic mass is 19.1. The first-order valence-electron chi connectivity index (χ1n) is 7.62. The first kappa shape index (κ1) is 18.4. The molecule has 1 aliphatic heterocycles. The summed E-state index contributed by atoms with van der Waals surface area (Å²) in [7, 11) is 0. The molecular formula is C18H18FNO5. The number of carboxylic acid groups (broad SMARTS) is 2. The van der Waals surface area contributed by atoms with Crippen LogP contribution in [0.15, 0.2) is 47.1 Å². The minimum absolute atomic E-state index is 0.207. The van der Waals surface area contributed by atoms with E-state index in [-0.39, 0.29) is 5.82 Å². The van der Waals surface area contributed by atoms with E-state index < -0.39 is 11.9 Å². The predicted molar refractivity (Wildman–Crippen MR) is 90.6 cm³/mol. The molecule has 1 atom stereocenters. The van der Waals surface area contributed by atoms with Crippen molar-refractivity contribution in [1.29, 1.82) is 0 Å². The molecule has 6 nitrogen and oxygen atoms in total. The van der Waals surface area contributed by atoms with Crippen molar-refractivity contribution in [3.8, 4) is 0 Å². The van der Waals surface area contributed by atoms with E-state index in [1.165, 1.54) is 6.07 Å². The van der Waals surface area contributed by atoms with Crippen LogP contribution in [0.5, 0.6) is 0 Å². The smallest absolute Gasteiger partial charge is 0.328 e. The summed E-state index contributed by atoms with van der Waals surface area (Å²) in [5, 5.41) is 19.8. The van der Waals surface area contributed by atoms with Crippen molar-refractivity contribution in [2.24, 2.45) is 0 Å². The van der Waals surface area contributed by atoms with Gasteiger partial charge < -0.3 is 19.9 Å². The number of halogens is 1. The zero-order chi connectivity index (χ0) is 18.4. The third-order valence-corrected chi connectivity index (χ3v) is 3.54. The van der Waals surface area contributed by atoms with Crippen molar-refractivity contribution in [1.82, 2.24) is 5.32 Å². The molecule has 0 spiro atoms. The Morgan fingerprint density at radius 3 is 2.56 bits per heavy atom. The summed E-state index contributed by atoms with van der Waals surface area (Å²) in [6, 6.07) is 5.20. The molecule has 0 saturated heterocycles. The van der Waals surface area contributed by atoms with Crippen LogP contribution in [0, 0.1) is 5.82 Å². The SMILES string of the molecule is CC1C=C(c2cc(F)cc3ccoc23)CCN1.O=C(O)/C=C/C(=O)O. The molecule has 0 amide bonds. The lowest BCUT2D eigenvalue weighted by atomic mass is 9.96. The fraction of sp³-hybridized carbons (Fsp3) is 0.222. The Balaban J connectivity index is 0.000000242. The summed E-state index contributed by atoms with van der Waals surface area (Å²) in [6.07, 6.45) is 5.77. The molecule has 0 radical (unpaired) electrons. The first-order valence-corrected chi connectivity index (χ1v) is 7.62. The molecule has 1 aromatic carbocycles. The van der Waals surface area contributed by atoms with Gasteiger partial charge in [0.25, 0.3) is 0 Å². The second-order valence-electron chi connectivity index (χ2n) is 5.49. The lowest BCUT2D eigenvalue weighted by Crippen LogP contribution is -2.29. The minimum Gasteiger partial charge on any atom is -0.478 e. The summed E-state index contributed by atoms with van der Waals surface area (Å²) in [6.45, 7) is 3.02. The molecule has 1 aromatic heterocycles. The average Bonchev–Trinajstić information content (AvgIpc) is 3.01. The molecule has 2 aromatic rings. The Hall–Kier alpha value is -2.93. The number of carbonyl (C=O) groups is 2. The largest absolute Gasteiger partial charge is 0.478 e. The van der Waals surface area contributed by atoms with Crippen LogP contribution in [0.25, 0.3) is 16.5 Å². The normalized spacial score (nSPS) is 17.0. The lowest BCUT2D eigenvalue weighted by molar-refractivity contribution is -0.134. The van der Waals surface area contributed by atoms with E-state index in [4.69, 9.17) is 14.6 Å². The van der Waals surface area contributed by atoms with Crippen LogP contribution in [0.1, 0.15) is 18.9 Å². The summed E-state index contributed by atoms with van der Waals surface area (Å²) in [5.74, 6) is -2.72. The summed E-state index contributed by atoms with van der Waals surface area (Å²) >= 11 is 0. The Morgan fingerprint density at radius 2 is 1.96 bits per heavy atom. The molecule has 7 heteroatoms. The summed E-state index contributed by atoms with van der Waals surface area (Å²) in [5.41, 5.74) is 2.83. The molecule has 1 unspecified atom stereocenters. The van der Waals surface area contributed by atoms with Crippen LogP contribution in [-0.2, 0) is 9.59 Å². The van der Waals surface area contributed by atoms with Gasteiger partial charge in [-0.25, -0.2) is 14.0 Å². The maximum absolute atomic E-state index is 13.5. The summed E-state index contributed by atoms with van der Waals surface area (Å²) < 4.78 is 19.0. The van der Waals surface area contributed by atoms with Gasteiger partial charge in [-0.1, -0.05) is 6.08 Å². The van der Waals surface area contributed by atoms with Gasteiger partial charge in [-0.2, -0.15) is 0 Å². The highest BCUT2D eigenvalue weighted by molar-refractivity contribution is 5.90. The molecular weight excluding hydrogens is 329 g/mol. The predicted octanol–water partition coefficient (Wildman–Crippen LogP) is 3.05. The van der Waals surface area contributed by atoms with Crippen LogP contribution < -0.4 is 5.32 Å². The molecule has 0 aliphatic carbocycles. The van der Waals surface area contributed by atoms with Crippen molar-refractivity contribution < 1.29 is 28.6 Å². The second-order valence-corrected chi connectivity index (χ2v) is 5.49. The molecule has 3 rings (SSSR count). The molecule has 2 heterocycles. The maximum atomic E-state index is 13.5. The topological polar surface area (TPSA) is 99.8 Å². The number of fused-ring (bicyclic) bond motifs is 1. The van der Waals surface area contributed by atoms with Crippen molar-refractivity contribution in [2.75, 3.05) is 6.54 Å². The number of carboxylic acids is 2. The van der Waals surface area contributed by atoms with Gasteiger partial charge in [0, 0.05) is 29.1 Å². The second kappa shape index (κ2) is 8.25. The van der Waals surface area contributed by atoms with Crippen molar-refractivity contribution >= 4 is 28.5 Å². The molecule has 0 saturated carbocycles. The van der Waals surface area contributed by atoms with Gasteiger partial charge in [-0.15, -0.1) is 0 Å². The van der Waals surface area contributed by atoms with Crippen LogP contribution in [-0.4, -0.2) is 34.7 Å². The van der Waals surface area contributed by atoms with E-state index in [2.05, 4.69) is 18.3 Å². The molecule has 25 heavy (non-hydrogen) atoms. The van der Waals surface area contributed by atoms with E-state index in [9.17, 15) is 14.0 Å². The van der Waals surface area contributed by atoms with Crippen LogP contribution in [0.4, 0.5) is 4.39 Å². The van der Waals surface area contributed by atoms with Gasteiger partial charge in [-0.3, -0.25) is 0 Å². The van der Waals surface area contributed by atoms with Crippen molar-refractivity contribution in [2.45, 2.75) is 19.4 Å². The Morgan fingerprint density at radius 1 is 1.28 bits per heavy atom. The Bertz CT molecular complexity index is 821. The molecule has 0 bridgehead atoms. The van der Waals surface area contributed by atoms with Gasteiger partial charge in [0.1, 0.15) is 11.4 Å². The third kappa shape index (κ3) is 5.29. The van der Waals surface area contributed by atoms with Crippen LogP contribution in [0.3, 0.4) is 0 Å². The number of nitrogens with one attached hydrogen (secondary N) is 1. The first-order chi connectivity index (χ1) is 11.9. The van der Waals surface area contributed by atoms with Crippen molar-refractivity contribution in [3.05, 3.63) is 54.1 Å². The molecule has 3 N–H and O–H groups in total. The number of benzene rings is 1. The Kier molecular flexibility index (Phi) is 6.08. The van der Waals surface area contributed by atoms with E-state index >= 15 is 0 Å². The van der Waals surface area contributed by atoms with E-state index in [0.717, 1.165) is 35.1 Å². The average molecular weight is 347 g/mol. The quantitative estimate of drug-likeness (QED) is 0.738. The Labute approximate surface area is 143 Å². The van der Waals surface area contributed by atoms with Gasteiger partial charge in [-0.05, 0) is 43.7 Å². The molecule has 1 aliphatic rings. The fourth-order valence-electron chi connectivity index (χ4n) is 2.53. The zero-order valence-electron chi connectivity index (χ0n) is 13.5. The number of rotatable bonds is 3. The lowest BCUT2D eigenvalue weighted by Gasteiger charge is -2.19. The fourth-order valence-corrected chi connectivity index (χ4v) is 2.53. The van der Waals surface area contributed by atoms with Gasteiger partial charge in [0.2, 0.25) is 0 Å². The molecule has 132 valence electrons. The molecule has 0 fully saturated rings. The van der Waals surface area contributed by atoms with Crippen molar-refractivity contribution in [3.63, 3.8) is 0 Å². The standard InChI is InChI=1S/C14H14FNO.C4H4O4/c1-9-6-10(2-4-16-9)13-8-12(15)7-11-3-5-17-14(11)13;5-3(6)1-2-4(7)8/h3,5-9,16H,2,4H2,1H3;1-2H,(H,5,6)(H,7,8)/b;2-1+. The zero-order valence-corrected chi connectivity index (χ0v) is 13.5. The van der Waals surface area contributed by atoms with Gasteiger partial charge in [0.05, 0.1) is 6.26 Å². The van der Waals surface area contributed by atoms with E-state index in [1.807, 2.05) is 0 Å². The number of hydrogen-bond acceptors (Lipinski definition) is 4. The maximum Gasteiger partial charge on any atom is 0.328 e. The number of hydrogen-bond donors (Lipinski definition) is 3. The van der Waals surface area contributed by atoms with Crippen LogP contribution >= 0.6 is 0 Å². The summed E-state index contributed by atoms with van der Waals surface area (Å²) in [4.78, 5) is 19.1. The highest BCUT2D eigenvalue weighted by Gasteiger charge is 2.15. The van der Waals surface area contributed by atoms with Gasteiger partial charge in [0.15, 0.2) is 0 Å². The van der Waals surface area contributed by atoms with E-state index in [0.29, 0.717) is 18.2 Å². The van der Waals surface area contributed by atoms with Gasteiger partial charge >= 0.3 is 11.9 Å². The van der Waals surface area contributed by atoms with E-state index in [1.54, 1.807) is 18.4 Å². The third-order valence-electron chi connectivity index (χ3n) is 3.54. The van der Waals surface area contributed by atoms with Crippen LogP contribution in [0.2, 0.25) is 0 Å². The number of aliphatic carboxylic acids is 2.